The van der Waals surface area contributed by atoms with Crippen LogP contribution < -0.4 is 4.90 Å². The summed E-state index contributed by atoms with van der Waals surface area (Å²) in [6, 6.07) is 4.02. The number of carboxylic acid groups (broad SMARTS) is 1. The maximum Gasteiger partial charge on any atom is 0.306 e. The molecule has 1 saturated carbocycles. The van der Waals surface area contributed by atoms with E-state index in [1.165, 1.54) is 6.07 Å². The molecular weight excluding hydrogens is 252 g/mol. The van der Waals surface area contributed by atoms with Crippen molar-refractivity contribution < 1.29 is 18.7 Å². The van der Waals surface area contributed by atoms with Crippen LogP contribution >= 0.6 is 0 Å². The minimum atomic E-state index is -0.858. The Hall–Kier alpha value is -1.65. The van der Waals surface area contributed by atoms with E-state index in [1.807, 2.05) is 11.9 Å². The van der Waals surface area contributed by atoms with E-state index in [0.717, 1.165) is 18.9 Å². The Balaban J connectivity index is 2.02. The second kappa shape index (κ2) is 5.55. The van der Waals surface area contributed by atoms with Crippen molar-refractivity contribution in [2.24, 2.45) is 5.92 Å². The summed E-state index contributed by atoms with van der Waals surface area (Å²) in [5, 5.41) is 8.94. The summed E-state index contributed by atoms with van der Waals surface area (Å²) in [6.45, 7) is 0. The Morgan fingerprint density at radius 2 is 1.84 bits per heavy atom. The standard InChI is InChI=1S/C14H17F2NO2/c1-17(11-6-7-12(15)13(16)8-11)10-4-2-9(3-5-10)14(18)19/h6-10H,2-5H2,1H3,(H,18,19). The van der Waals surface area contributed by atoms with E-state index in [9.17, 15) is 13.6 Å². The Bertz CT molecular complexity index is 471. The average Bonchev–Trinajstić information content (AvgIpc) is 2.41. The number of aliphatic carboxylic acids is 1. The first-order valence-corrected chi connectivity index (χ1v) is 6.39. The maximum atomic E-state index is 13.2. The smallest absolute Gasteiger partial charge is 0.306 e. The molecule has 1 aliphatic rings. The van der Waals surface area contributed by atoms with Gasteiger partial charge in [-0.1, -0.05) is 0 Å². The highest BCUT2D eigenvalue weighted by Gasteiger charge is 2.28. The third-order valence-electron chi connectivity index (χ3n) is 3.90. The molecule has 0 saturated heterocycles. The van der Waals surface area contributed by atoms with Crippen molar-refractivity contribution in [3.05, 3.63) is 29.8 Å². The van der Waals surface area contributed by atoms with Crippen LogP contribution in [0.2, 0.25) is 0 Å². The third-order valence-corrected chi connectivity index (χ3v) is 3.90. The zero-order chi connectivity index (χ0) is 14.0. The van der Waals surface area contributed by atoms with E-state index in [1.54, 1.807) is 6.07 Å². The molecule has 0 unspecified atom stereocenters. The molecule has 1 aromatic rings. The Kier molecular flexibility index (Phi) is 4.02. The summed E-state index contributed by atoms with van der Waals surface area (Å²) >= 11 is 0. The van der Waals surface area contributed by atoms with Crippen LogP contribution in [0.4, 0.5) is 14.5 Å². The van der Waals surface area contributed by atoms with Gasteiger partial charge < -0.3 is 10.0 Å². The molecule has 2 rings (SSSR count). The summed E-state index contributed by atoms with van der Waals surface area (Å²) in [5.41, 5.74) is 0.623. The number of nitrogens with zero attached hydrogens (tertiary/aromatic N) is 1. The predicted molar refractivity (Wildman–Crippen MR) is 68.1 cm³/mol. The third kappa shape index (κ3) is 3.03. The maximum absolute atomic E-state index is 13.2. The van der Waals surface area contributed by atoms with E-state index in [-0.39, 0.29) is 12.0 Å². The van der Waals surface area contributed by atoms with Gasteiger partial charge in [-0.25, -0.2) is 8.78 Å². The minimum Gasteiger partial charge on any atom is -0.481 e. The molecule has 0 heterocycles. The van der Waals surface area contributed by atoms with Crippen LogP contribution in [-0.4, -0.2) is 24.2 Å². The number of hydrogen-bond donors (Lipinski definition) is 1. The topological polar surface area (TPSA) is 40.5 Å². The second-order valence-corrected chi connectivity index (χ2v) is 5.05. The summed E-state index contributed by atoms with van der Waals surface area (Å²) in [5.74, 6) is -2.72. The molecule has 0 atom stereocenters. The lowest BCUT2D eigenvalue weighted by atomic mass is 9.85. The highest BCUT2D eigenvalue weighted by atomic mass is 19.2. The van der Waals surface area contributed by atoms with Gasteiger partial charge in [-0.2, -0.15) is 0 Å². The Morgan fingerprint density at radius 3 is 2.37 bits per heavy atom. The monoisotopic (exact) mass is 269 g/mol. The summed E-state index contributed by atoms with van der Waals surface area (Å²) in [7, 11) is 1.83. The largest absolute Gasteiger partial charge is 0.481 e. The number of benzene rings is 1. The first-order chi connectivity index (χ1) is 8.99. The van der Waals surface area contributed by atoms with Crippen molar-refractivity contribution in [3.63, 3.8) is 0 Å². The van der Waals surface area contributed by atoms with Gasteiger partial charge in [0.1, 0.15) is 0 Å². The number of hydrogen-bond acceptors (Lipinski definition) is 2. The van der Waals surface area contributed by atoms with Gasteiger partial charge in [0.2, 0.25) is 0 Å². The van der Waals surface area contributed by atoms with E-state index in [4.69, 9.17) is 5.11 Å². The fourth-order valence-electron chi connectivity index (χ4n) is 2.63. The van der Waals surface area contributed by atoms with Crippen LogP contribution in [0.25, 0.3) is 0 Å². The molecule has 5 heteroatoms. The van der Waals surface area contributed by atoms with Gasteiger partial charge >= 0.3 is 5.97 Å². The van der Waals surface area contributed by atoms with E-state index in [0.29, 0.717) is 18.5 Å². The zero-order valence-electron chi connectivity index (χ0n) is 10.8. The van der Waals surface area contributed by atoms with Gasteiger partial charge in [0.15, 0.2) is 11.6 Å². The van der Waals surface area contributed by atoms with Crippen molar-refractivity contribution >= 4 is 11.7 Å². The van der Waals surface area contributed by atoms with E-state index >= 15 is 0 Å². The molecule has 1 N–H and O–H groups in total. The number of carbonyl (C=O) groups is 1. The predicted octanol–water partition coefficient (Wildman–Crippen LogP) is 3.04. The highest BCUT2D eigenvalue weighted by molar-refractivity contribution is 5.70. The van der Waals surface area contributed by atoms with Crippen LogP contribution in [0.1, 0.15) is 25.7 Å². The molecule has 104 valence electrons. The zero-order valence-corrected chi connectivity index (χ0v) is 10.8. The number of anilines is 1. The molecule has 0 aliphatic heterocycles. The van der Waals surface area contributed by atoms with Crippen LogP contribution in [0.3, 0.4) is 0 Å². The molecule has 1 aromatic carbocycles. The van der Waals surface area contributed by atoms with Crippen LogP contribution in [0.5, 0.6) is 0 Å². The highest BCUT2D eigenvalue weighted by Crippen LogP contribution is 2.30. The first kappa shape index (κ1) is 13.8. The van der Waals surface area contributed by atoms with E-state index in [2.05, 4.69) is 0 Å². The summed E-state index contributed by atoms with van der Waals surface area (Å²) < 4.78 is 26.1. The van der Waals surface area contributed by atoms with Crippen LogP contribution in [-0.2, 0) is 4.79 Å². The molecule has 1 aliphatic carbocycles. The number of carboxylic acids is 1. The van der Waals surface area contributed by atoms with Crippen LogP contribution in [0.15, 0.2) is 18.2 Å². The van der Waals surface area contributed by atoms with Gasteiger partial charge in [0.25, 0.3) is 0 Å². The van der Waals surface area contributed by atoms with Gasteiger partial charge in [-0.05, 0) is 37.8 Å². The molecule has 0 amide bonds. The molecule has 1 fully saturated rings. The summed E-state index contributed by atoms with van der Waals surface area (Å²) in [6.07, 6.45) is 2.78. The van der Waals surface area contributed by atoms with Gasteiger partial charge in [0.05, 0.1) is 5.92 Å². The van der Waals surface area contributed by atoms with Crippen molar-refractivity contribution in [2.45, 2.75) is 31.7 Å². The van der Waals surface area contributed by atoms with Crippen molar-refractivity contribution in [1.82, 2.24) is 0 Å². The fraction of sp³-hybridized carbons (Fsp3) is 0.500. The lowest BCUT2D eigenvalue weighted by molar-refractivity contribution is -0.142. The van der Waals surface area contributed by atoms with Gasteiger partial charge in [-0.3, -0.25) is 4.79 Å². The van der Waals surface area contributed by atoms with Crippen molar-refractivity contribution in [1.29, 1.82) is 0 Å². The van der Waals surface area contributed by atoms with E-state index < -0.39 is 17.6 Å². The minimum absolute atomic E-state index is 0.181. The van der Waals surface area contributed by atoms with Crippen molar-refractivity contribution in [2.75, 3.05) is 11.9 Å². The lowest BCUT2D eigenvalue weighted by Gasteiger charge is -2.34. The molecule has 0 bridgehead atoms. The average molecular weight is 269 g/mol. The molecule has 19 heavy (non-hydrogen) atoms. The Morgan fingerprint density at radius 1 is 1.21 bits per heavy atom. The first-order valence-electron chi connectivity index (χ1n) is 6.39. The van der Waals surface area contributed by atoms with Crippen molar-refractivity contribution in [3.8, 4) is 0 Å². The summed E-state index contributed by atoms with van der Waals surface area (Å²) in [4.78, 5) is 12.8. The molecule has 3 nitrogen and oxygen atoms in total. The molecule has 0 spiro atoms. The SMILES string of the molecule is CN(c1ccc(F)c(F)c1)C1CCC(C(=O)O)CC1. The molecular formula is C14H17F2NO2. The Labute approximate surface area is 110 Å². The fourth-order valence-corrected chi connectivity index (χ4v) is 2.63. The number of rotatable bonds is 3. The lowest BCUT2D eigenvalue weighted by Crippen LogP contribution is -2.36. The second-order valence-electron chi connectivity index (χ2n) is 5.05. The quantitative estimate of drug-likeness (QED) is 0.916. The normalized spacial score (nSPS) is 23.1. The van der Waals surface area contributed by atoms with Gasteiger partial charge in [-0.15, -0.1) is 0 Å². The molecule has 0 aromatic heterocycles. The molecule has 0 radical (unpaired) electrons. The number of halogens is 2. The van der Waals surface area contributed by atoms with Gasteiger partial charge in [0, 0.05) is 24.8 Å². The van der Waals surface area contributed by atoms with Crippen LogP contribution in [0, 0.1) is 17.6 Å².